The van der Waals surface area contributed by atoms with Crippen LogP contribution >= 0.6 is 8.38 Å². The second kappa shape index (κ2) is 7.68. The van der Waals surface area contributed by atoms with Gasteiger partial charge in [-0.3, -0.25) is 0 Å². The number of benzene rings is 3. The fourth-order valence-corrected chi connectivity index (χ4v) is 6.57. The summed E-state index contributed by atoms with van der Waals surface area (Å²) in [7, 11) is -1.27. The molecule has 0 radical (unpaired) electrons. The van der Waals surface area contributed by atoms with Crippen molar-refractivity contribution in [1.29, 1.82) is 0 Å². The van der Waals surface area contributed by atoms with Gasteiger partial charge in [0.15, 0.2) is 0 Å². The van der Waals surface area contributed by atoms with Crippen molar-refractivity contribution < 1.29 is 9.05 Å². The lowest BCUT2D eigenvalue weighted by atomic mass is 9.70. The fourth-order valence-electron chi connectivity index (χ4n) is 5.21. The second-order valence-corrected chi connectivity index (χ2v) is 11.5. The van der Waals surface area contributed by atoms with E-state index in [0.29, 0.717) is 0 Å². The average Bonchev–Trinajstić information content (AvgIpc) is 2.73. The maximum atomic E-state index is 6.65. The van der Waals surface area contributed by atoms with E-state index in [4.69, 9.17) is 9.05 Å². The van der Waals surface area contributed by atoms with Crippen LogP contribution in [0.25, 0.3) is 0 Å². The molecular formula is C28H31O2P. The van der Waals surface area contributed by atoms with Gasteiger partial charge in [-0.1, -0.05) is 76.6 Å². The molecule has 31 heavy (non-hydrogen) atoms. The van der Waals surface area contributed by atoms with Crippen LogP contribution in [0, 0.1) is 0 Å². The third-order valence-electron chi connectivity index (χ3n) is 7.01. The van der Waals surface area contributed by atoms with Gasteiger partial charge in [-0.25, -0.2) is 0 Å². The second-order valence-electron chi connectivity index (χ2n) is 10.1. The molecule has 2 bridgehead atoms. The normalized spacial score (nSPS) is 19.4. The molecule has 3 heteroatoms. The van der Waals surface area contributed by atoms with E-state index in [1.165, 1.54) is 41.5 Å². The van der Waals surface area contributed by atoms with E-state index in [2.05, 4.69) is 88.4 Å². The van der Waals surface area contributed by atoms with Crippen molar-refractivity contribution in [2.24, 2.45) is 0 Å². The lowest BCUT2D eigenvalue weighted by Crippen LogP contribution is -2.27. The van der Waals surface area contributed by atoms with E-state index in [0.717, 1.165) is 23.2 Å². The van der Waals surface area contributed by atoms with Crippen LogP contribution in [0.4, 0.5) is 0 Å². The highest BCUT2D eigenvalue weighted by molar-refractivity contribution is 7.56. The minimum absolute atomic E-state index is 0.104. The maximum Gasteiger partial charge on any atom is 0.326 e. The van der Waals surface area contributed by atoms with Gasteiger partial charge in [0.25, 0.3) is 0 Å². The van der Waals surface area contributed by atoms with E-state index in [-0.39, 0.29) is 10.8 Å². The monoisotopic (exact) mass is 430 g/mol. The Bertz CT molecular complexity index is 1030. The van der Waals surface area contributed by atoms with Crippen molar-refractivity contribution in [3.05, 3.63) is 89.0 Å². The Balaban J connectivity index is 1.78. The first kappa shape index (κ1) is 20.6. The molecule has 0 unspecified atom stereocenters. The van der Waals surface area contributed by atoms with E-state index < -0.39 is 8.38 Å². The topological polar surface area (TPSA) is 18.5 Å². The highest BCUT2D eigenvalue weighted by Gasteiger charge is 2.35. The minimum atomic E-state index is -1.27. The van der Waals surface area contributed by atoms with Gasteiger partial charge in [0, 0.05) is 17.5 Å². The standard InChI is InChI=1S/C28H31O2P/c1-27(2)17-10-18-28(3,4)24-14-9-16-26-22(24)19-21-23(27)13-8-15-25(21)29-31(30-26)20-11-6-5-7-12-20/h5-9,11-16H,10,17-19H2,1-4H3. The molecule has 3 aromatic rings. The van der Waals surface area contributed by atoms with Gasteiger partial charge in [-0.15, -0.1) is 0 Å². The number of rotatable bonds is 1. The molecule has 0 aromatic heterocycles. The van der Waals surface area contributed by atoms with Gasteiger partial charge < -0.3 is 9.05 Å². The fraction of sp³-hybridized carbons (Fsp3) is 0.357. The van der Waals surface area contributed by atoms with Crippen LogP contribution in [-0.4, -0.2) is 0 Å². The van der Waals surface area contributed by atoms with Crippen LogP contribution in [0.5, 0.6) is 11.5 Å². The molecule has 2 nitrogen and oxygen atoms in total. The summed E-state index contributed by atoms with van der Waals surface area (Å²) in [6, 6.07) is 23.5. The SMILES string of the molecule is CC1(C)CCCC(C)(C)c2cccc3c2Cc2c(cccc21)OP(c1ccccc1)O3. The smallest absolute Gasteiger partial charge is 0.326 e. The Morgan fingerprint density at radius 2 is 1.16 bits per heavy atom. The molecule has 0 amide bonds. The van der Waals surface area contributed by atoms with Gasteiger partial charge >= 0.3 is 8.38 Å². The zero-order chi connectivity index (χ0) is 21.6. The van der Waals surface area contributed by atoms with Gasteiger partial charge in [-0.2, -0.15) is 0 Å². The molecule has 0 fully saturated rings. The Hall–Kier alpha value is -2.31. The minimum Gasteiger partial charge on any atom is -0.435 e. The van der Waals surface area contributed by atoms with Crippen LogP contribution in [-0.2, 0) is 17.3 Å². The van der Waals surface area contributed by atoms with E-state index in [1.807, 2.05) is 6.07 Å². The highest BCUT2D eigenvalue weighted by atomic mass is 31.2. The predicted molar refractivity (Wildman–Crippen MR) is 130 cm³/mol. The van der Waals surface area contributed by atoms with Gasteiger partial charge in [0.2, 0.25) is 0 Å². The molecule has 160 valence electrons. The van der Waals surface area contributed by atoms with Crippen molar-refractivity contribution in [1.82, 2.24) is 0 Å². The summed E-state index contributed by atoms with van der Waals surface area (Å²) in [6.07, 6.45) is 4.39. The quantitative estimate of drug-likeness (QED) is 0.374. The Kier molecular flexibility index (Phi) is 5.10. The summed E-state index contributed by atoms with van der Waals surface area (Å²) in [6.45, 7) is 9.55. The first-order chi connectivity index (χ1) is 14.9. The van der Waals surface area contributed by atoms with Crippen LogP contribution in [0.3, 0.4) is 0 Å². The highest BCUT2D eigenvalue weighted by Crippen LogP contribution is 2.50. The Morgan fingerprint density at radius 1 is 0.645 bits per heavy atom. The first-order valence-electron chi connectivity index (χ1n) is 11.3. The molecule has 0 saturated heterocycles. The zero-order valence-corrected chi connectivity index (χ0v) is 19.8. The van der Waals surface area contributed by atoms with E-state index >= 15 is 0 Å². The molecule has 3 aromatic carbocycles. The Labute approximate surface area is 187 Å². The molecule has 1 aliphatic heterocycles. The maximum absolute atomic E-state index is 6.65. The van der Waals surface area contributed by atoms with Crippen molar-refractivity contribution >= 4 is 13.7 Å². The largest absolute Gasteiger partial charge is 0.435 e. The van der Waals surface area contributed by atoms with Crippen LogP contribution in [0.2, 0.25) is 0 Å². The van der Waals surface area contributed by atoms with Gasteiger partial charge in [0.1, 0.15) is 11.5 Å². The van der Waals surface area contributed by atoms with E-state index in [1.54, 1.807) is 0 Å². The van der Waals surface area contributed by atoms with Gasteiger partial charge in [0.05, 0.1) is 5.30 Å². The van der Waals surface area contributed by atoms with Crippen molar-refractivity contribution in [3.8, 4) is 11.5 Å². The van der Waals surface area contributed by atoms with E-state index in [9.17, 15) is 0 Å². The van der Waals surface area contributed by atoms with Crippen molar-refractivity contribution in [2.75, 3.05) is 0 Å². The molecule has 0 saturated carbocycles. The summed E-state index contributed by atoms with van der Waals surface area (Å²) in [5.74, 6) is 1.94. The number of hydrogen-bond donors (Lipinski definition) is 0. The summed E-state index contributed by atoms with van der Waals surface area (Å²) in [5, 5.41) is 1.10. The molecule has 2 aliphatic rings. The van der Waals surface area contributed by atoms with Gasteiger partial charge in [-0.05, 0) is 59.1 Å². The predicted octanol–water partition coefficient (Wildman–Crippen LogP) is 7.43. The molecule has 1 aliphatic carbocycles. The summed E-state index contributed by atoms with van der Waals surface area (Å²) >= 11 is 0. The van der Waals surface area contributed by atoms with Crippen molar-refractivity contribution in [2.45, 2.75) is 64.2 Å². The molecule has 0 N–H and O–H groups in total. The zero-order valence-electron chi connectivity index (χ0n) is 18.9. The third kappa shape index (κ3) is 3.76. The Morgan fingerprint density at radius 3 is 1.68 bits per heavy atom. The molecule has 0 atom stereocenters. The summed E-state index contributed by atoms with van der Waals surface area (Å²) in [4.78, 5) is 0. The summed E-state index contributed by atoms with van der Waals surface area (Å²) in [5.41, 5.74) is 5.68. The van der Waals surface area contributed by atoms with Crippen LogP contribution in [0.15, 0.2) is 66.7 Å². The van der Waals surface area contributed by atoms with Crippen molar-refractivity contribution in [3.63, 3.8) is 0 Å². The lowest BCUT2D eigenvalue weighted by Gasteiger charge is -2.37. The summed E-state index contributed by atoms with van der Waals surface area (Å²) < 4.78 is 13.3. The van der Waals surface area contributed by atoms with Crippen LogP contribution in [0.1, 0.15) is 69.2 Å². The molecular weight excluding hydrogens is 399 g/mol. The average molecular weight is 431 g/mol. The molecule has 0 spiro atoms. The molecule has 1 heterocycles. The third-order valence-corrected chi connectivity index (χ3v) is 8.46. The number of hydrogen-bond acceptors (Lipinski definition) is 2. The lowest BCUT2D eigenvalue weighted by molar-refractivity contribution is 0.381. The first-order valence-corrected chi connectivity index (χ1v) is 12.5. The molecule has 5 rings (SSSR count). The van der Waals surface area contributed by atoms with Crippen LogP contribution < -0.4 is 14.4 Å².